The summed E-state index contributed by atoms with van der Waals surface area (Å²) in [6.45, 7) is 6.54. The second-order valence-corrected chi connectivity index (χ2v) is 10.6. The molecule has 0 aliphatic carbocycles. The van der Waals surface area contributed by atoms with Gasteiger partial charge in [-0.1, -0.05) is 18.2 Å². The van der Waals surface area contributed by atoms with E-state index in [0.717, 1.165) is 62.2 Å². The Labute approximate surface area is 206 Å². The number of aryl methyl sites for hydroxylation is 1. The van der Waals surface area contributed by atoms with Crippen molar-refractivity contribution in [1.29, 1.82) is 0 Å². The molecule has 6 rings (SSSR count). The maximum Gasteiger partial charge on any atom is 0.253 e. The highest BCUT2D eigenvalue weighted by Gasteiger charge is 2.39. The van der Waals surface area contributed by atoms with Crippen molar-refractivity contribution < 1.29 is 4.74 Å². The van der Waals surface area contributed by atoms with Crippen LogP contribution in [-0.4, -0.2) is 52.8 Å². The Balaban J connectivity index is 1.31. The number of fused-ring (bicyclic) bond motifs is 4. The molecule has 0 amide bonds. The molecule has 7 heteroatoms. The van der Waals surface area contributed by atoms with Crippen LogP contribution in [0.15, 0.2) is 47.4 Å². The second kappa shape index (κ2) is 9.04. The normalized spacial score (nSPS) is 27.3. The molecule has 3 aliphatic rings. The predicted molar refractivity (Wildman–Crippen MR) is 139 cm³/mol. The first kappa shape index (κ1) is 22.7. The lowest BCUT2D eigenvalue weighted by Gasteiger charge is -2.43. The maximum absolute atomic E-state index is 12.7. The molecule has 3 aliphatic heterocycles. The molecule has 0 spiro atoms. The van der Waals surface area contributed by atoms with E-state index in [2.05, 4.69) is 46.0 Å². The zero-order valence-corrected chi connectivity index (χ0v) is 20.7. The molecular formula is C28H35N5O2. The molecule has 1 unspecified atom stereocenters. The number of hydrogen-bond acceptors (Lipinski definition) is 6. The monoisotopic (exact) mass is 473 g/mol. The molecule has 2 fully saturated rings. The molecule has 2 saturated heterocycles. The third-order valence-corrected chi connectivity index (χ3v) is 8.27. The van der Waals surface area contributed by atoms with Gasteiger partial charge in [-0.15, -0.1) is 0 Å². The highest BCUT2D eigenvalue weighted by atomic mass is 16.5. The lowest BCUT2D eigenvalue weighted by Crippen LogP contribution is -2.51. The summed E-state index contributed by atoms with van der Waals surface area (Å²) in [4.78, 5) is 22.3. The van der Waals surface area contributed by atoms with Crippen molar-refractivity contribution in [1.82, 2.24) is 14.5 Å². The number of benzene rings is 1. The number of pyridine rings is 2. The number of ether oxygens (including phenoxy) is 1. The molecule has 0 radical (unpaired) electrons. The molecule has 0 bridgehead atoms. The van der Waals surface area contributed by atoms with Crippen molar-refractivity contribution in [3.63, 3.8) is 0 Å². The summed E-state index contributed by atoms with van der Waals surface area (Å²) in [5.41, 5.74) is 12.3. The minimum atomic E-state index is -0.0134. The molecular weight excluding hydrogens is 438 g/mol. The first-order valence-corrected chi connectivity index (χ1v) is 12.9. The summed E-state index contributed by atoms with van der Waals surface area (Å²) in [5.74, 6) is 0.505. The van der Waals surface area contributed by atoms with E-state index in [0.29, 0.717) is 24.6 Å². The van der Waals surface area contributed by atoms with Gasteiger partial charge in [-0.25, -0.2) is 4.98 Å². The quantitative estimate of drug-likeness (QED) is 0.615. The topological polar surface area (TPSA) is 76.6 Å². The molecule has 184 valence electrons. The smallest absolute Gasteiger partial charge is 0.253 e. The Hall–Kier alpha value is -2.74. The van der Waals surface area contributed by atoms with E-state index in [1.165, 1.54) is 16.7 Å². The van der Waals surface area contributed by atoms with Crippen molar-refractivity contribution in [3.8, 4) is 0 Å². The van der Waals surface area contributed by atoms with Crippen LogP contribution in [0.4, 0.5) is 5.69 Å². The van der Waals surface area contributed by atoms with Crippen LogP contribution in [-0.2, 0) is 18.3 Å². The molecule has 0 saturated carbocycles. The van der Waals surface area contributed by atoms with E-state index >= 15 is 0 Å². The molecule has 1 aromatic carbocycles. The molecule has 5 heterocycles. The van der Waals surface area contributed by atoms with E-state index in [1.54, 1.807) is 23.9 Å². The van der Waals surface area contributed by atoms with Crippen LogP contribution < -0.4 is 16.2 Å². The van der Waals surface area contributed by atoms with Crippen molar-refractivity contribution in [2.45, 2.75) is 56.8 Å². The van der Waals surface area contributed by atoms with Crippen LogP contribution in [0.25, 0.3) is 11.0 Å². The van der Waals surface area contributed by atoms with Crippen LogP contribution in [0, 0.1) is 0 Å². The van der Waals surface area contributed by atoms with Crippen molar-refractivity contribution in [3.05, 3.63) is 69.6 Å². The highest BCUT2D eigenvalue weighted by Crippen LogP contribution is 2.42. The lowest BCUT2D eigenvalue weighted by molar-refractivity contribution is 0.0997. The van der Waals surface area contributed by atoms with Gasteiger partial charge in [-0.2, -0.15) is 0 Å². The molecule has 2 aromatic heterocycles. The van der Waals surface area contributed by atoms with E-state index in [-0.39, 0.29) is 11.6 Å². The Bertz CT molecular complexity index is 1300. The number of piperazine rings is 1. The number of nitrogens with two attached hydrogens (primary N) is 1. The number of hydrogen-bond donors (Lipinski definition) is 1. The summed E-state index contributed by atoms with van der Waals surface area (Å²) >= 11 is 0. The van der Waals surface area contributed by atoms with Gasteiger partial charge in [-0.3, -0.25) is 14.3 Å². The average Bonchev–Trinajstić information content (AvgIpc) is 3.22. The molecule has 4 atom stereocenters. The standard InChI is InChI=1S/C28H35N5O2/c1-18-14-32(25-13-27(34)31(2)28-24(25)6-3-9-30-28)16-26-23-8-7-20(11-21(23)15-33(18)26)19-5-4-10-35-17-22(29)12-19/h3,6-9,11,13,18-19,22,26H,4-5,10,12,14-17,29H2,1-2H3/t18-,19?,22-,26-/m1/s1. The fourth-order valence-electron chi connectivity index (χ4n) is 6.44. The number of nitrogens with zero attached hydrogens (tertiary/aromatic N) is 4. The zero-order valence-electron chi connectivity index (χ0n) is 20.7. The minimum absolute atomic E-state index is 0.0134. The van der Waals surface area contributed by atoms with Gasteiger partial charge >= 0.3 is 0 Å². The van der Waals surface area contributed by atoms with Gasteiger partial charge in [0.1, 0.15) is 5.65 Å². The fourth-order valence-corrected chi connectivity index (χ4v) is 6.44. The van der Waals surface area contributed by atoms with Crippen LogP contribution in [0.3, 0.4) is 0 Å². The Morgan fingerprint density at radius 2 is 2.06 bits per heavy atom. The predicted octanol–water partition coefficient (Wildman–Crippen LogP) is 3.31. The van der Waals surface area contributed by atoms with Crippen LogP contribution in [0.1, 0.15) is 54.8 Å². The number of rotatable bonds is 2. The minimum Gasteiger partial charge on any atom is -0.380 e. The third kappa shape index (κ3) is 4.05. The summed E-state index contributed by atoms with van der Waals surface area (Å²) < 4.78 is 7.28. The summed E-state index contributed by atoms with van der Waals surface area (Å²) in [7, 11) is 1.79. The van der Waals surface area contributed by atoms with Crippen LogP contribution >= 0.6 is 0 Å². The average molecular weight is 474 g/mol. The van der Waals surface area contributed by atoms with Gasteiger partial charge in [0, 0.05) is 63.0 Å². The SMILES string of the molecule is C[C@@H]1CN(c2cc(=O)n(C)c3ncccc23)C[C@@H]2c3ccc(C4CCCOC[C@H](N)C4)cc3CN12. The summed E-state index contributed by atoms with van der Waals surface area (Å²) in [6.07, 6.45) is 4.97. The Kier molecular flexibility index (Phi) is 5.87. The first-order chi connectivity index (χ1) is 17.0. The van der Waals surface area contributed by atoms with E-state index < -0.39 is 0 Å². The van der Waals surface area contributed by atoms with Gasteiger partial charge in [0.25, 0.3) is 5.56 Å². The largest absolute Gasteiger partial charge is 0.380 e. The third-order valence-electron chi connectivity index (χ3n) is 8.27. The van der Waals surface area contributed by atoms with Crippen molar-refractivity contribution >= 4 is 16.7 Å². The van der Waals surface area contributed by atoms with Crippen molar-refractivity contribution in [2.75, 3.05) is 31.2 Å². The number of aromatic nitrogens is 2. The first-order valence-electron chi connectivity index (χ1n) is 12.9. The summed E-state index contributed by atoms with van der Waals surface area (Å²) in [6, 6.07) is 13.8. The maximum atomic E-state index is 12.7. The Morgan fingerprint density at radius 3 is 2.94 bits per heavy atom. The summed E-state index contributed by atoms with van der Waals surface area (Å²) in [5, 5.41) is 1.04. The van der Waals surface area contributed by atoms with Gasteiger partial charge in [0.05, 0.1) is 18.3 Å². The molecule has 7 nitrogen and oxygen atoms in total. The van der Waals surface area contributed by atoms with Crippen LogP contribution in [0.2, 0.25) is 0 Å². The van der Waals surface area contributed by atoms with E-state index in [4.69, 9.17) is 10.5 Å². The van der Waals surface area contributed by atoms with Gasteiger partial charge in [0.2, 0.25) is 0 Å². The lowest BCUT2D eigenvalue weighted by atomic mass is 9.86. The fraction of sp³-hybridized carbons (Fsp3) is 0.500. The number of anilines is 1. The zero-order chi connectivity index (χ0) is 24.1. The highest BCUT2D eigenvalue weighted by molar-refractivity contribution is 5.89. The van der Waals surface area contributed by atoms with Crippen LogP contribution in [0.5, 0.6) is 0 Å². The Morgan fingerprint density at radius 1 is 1.17 bits per heavy atom. The van der Waals surface area contributed by atoms with E-state index in [9.17, 15) is 4.79 Å². The second-order valence-electron chi connectivity index (χ2n) is 10.6. The van der Waals surface area contributed by atoms with E-state index in [1.807, 2.05) is 6.07 Å². The molecule has 3 aromatic rings. The molecule has 35 heavy (non-hydrogen) atoms. The van der Waals surface area contributed by atoms with Gasteiger partial charge in [-0.05, 0) is 60.9 Å². The van der Waals surface area contributed by atoms with Gasteiger partial charge < -0.3 is 15.4 Å². The van der Waals surface area contributed by atoms with Gasteiger partial charge in [0.15, 0.2) is 0 Å². The van der Waals surface area contributed by atoms with Crippen molar-refractivity contribution in [2.24, 2.45) is 12.8 Å². The molecule has 2 N–H and O–H groups in total.